The molecule has 152 valence electrons. The number of ether oxygens (including phenoxy) is 1. The number of carbonyl (C=O) groups is 1. The van der Waals surface area contributed by atoms with Crippen molar-refractivity contribution in [1.82, 2.24) is 19.6 Å². The molecular weight excluding hydrogens is 392 g/mol. The van der Waals surface area contributed by atoms with Gasteiger partial charge in [-0.3, -0.25) is 0 Å². The van der Waals surface area contributed by atoms with Gasteiger partial charge in [0.15, 0.2) is 5.65 Å². The molecule has 1 fully saturated rings. The van der Waals surface area contributed by atoms with Crippen molar-refractivity contribution in [3.8, 4) is 0 Å². The topological polar surface area (TPSA) is 72.6 Å². The van der Waals surface area contributed by atoms with Gasteiger partial charge in [0.05, 0.1) is 24.7 Å². The van der Waals surface area contributed by atoms with Crippen LogP contribution in [0.1, 0.15) is 34.9 Å². The second kappa shape index (κ2) is 7.01. The quantitative estimate of drug-likeness (QED) is 0.481. The fourth-order valence-corrected chi connectivity index (χ4v) is 4.00. The van der Waals surface area contributed by atoms with Crippen molar-refractivity contribution in [1.29, 1.82) is 0 Å². The van der Waals surface area contributed by atoms with Crippen LogP contribution in [0.2, 0.25) is 0 Å². The molecule has 9 heteroatoms. The molecule has 0 unspecified atom stereocenters. The first kappa shape index (κ1) is 18.4. The number of carbonyl (C=O) groups excluding carboxylic acids is 1. The molecule has 3 aromatic heterocycles. The average Bonchev–Trinajstić information content (AvgIpc) is 3.38. The molecule has 7 nitrogen and oxygen atoms in total. The number of esters is 1. The summed E-state index contributed by atoms with van der Waals surface area (Å²) in [5, 5.41) is 5.08. The molecule has 1 saturated heterocycles. The van der Waals surface area contributed by atoms with Gasteiger partial charge in [0.1, 0.15) is 28.7 Å². The zero-order valence-electron chi connectivity index (χ0n) is 16.0. The molecule has 1 aliphatic rings. The van der Waals surface area contributed by atoms with Gasteiger partial charge in [0.25, 0.3) is 0 Å². The smallest absolute Gasteiger partial charge is 0.356 e. The second-order valence-electron chi connectivity index (χ2n) is 7.15. The van der Waals surface area contributed by atoms with E-state index in [1.54, 1.807) is 22.8 Å². The molecule has 1 aliphatic heterocycles. The minimum absolute atomic E-state index is 0.160. The lowest BCUT2D eigenvalue weighted by Crippen LogP contribution is -2.24. The molecule has 0 radical (unpaired) electrons. The van der Waals surface area contributed by atoms with Gasteiger partial charge < -0.3 is 9.64 Å². The number of benzene rings is 1. The van der Waals surface area contributed by atoms with Crippen molar-refractivity contribution >= 4 is 28.3 Å². The number of anilines is 1. The Balaban J connectivity index is 1.60. The number of rotatable bonds is 3. The minimum Gasteiger partial charge on any atom is -0.464 e. The number of methoxy groups -OCH3 is 1. The standard InChI is InChI=1S/C21H17F2N5O2/c1-30-21(29)16-10-14-17(11-24-16)26-28-8-6-19(25-20(14)28)27-7-2-3-18(27)13-9-12(22)4-5-15(13)23/h4-6,8-11,18H,2-3,7H2,1H3/t18-/m1/s1. The highest BCUT2D eigenvalue weighted by Crippen LogP contribution is 2.37. The van der Waals surface area contributed by atoms with Gasteiger partial charge in [-0.2, -0.15) is 5.10 Å². The Hall–Kier alpha value is -3.62. The molecule has 0 bridgehead atoms. The normalized spacial score (nSPS) is 16.5. The zero-order valence-corrected chi connectivity index (χ0v) is 16.0. The van der Waals surface area contributed by atoms with Crippen LogP contribution >= 0.6 is 0 Å². The van der Waals surface area contributed by atoms with E-state index in [2.05, 4.69) is 10.1 Å². The third-order valence-corrected chi connectivity index (χ3v) is 5.40. The van der Waals surface area contributed by atoms with E-state index < -0.39 is 17.6 Å². The van der Waals surface area contributed by atoms with Gasteiger partial charge in [-0.05, 0) is 43.2 Å². The average molecular weight is 409 g/mol. The Morgan fingerprint density at radius 1 is 1.23 bits per heavy atom. The maximum absolute atomic E-state index is 14.4. The Labute approximate surface area is 169 Å². The molecule has 0 amide bonds. The molecule has 4 aromatic rings. The van der Waals surface area contributed by atoms with E-state index in [1.807, 2.05) is 4.90 Å². The van der Waals surface area contributed by atoms with Crippen LogP contribution in [0.3, 0.4) is 0 Å². The number of halogens is 2. The van der Waals surface area contributed by atoms with Crippen molar-refractivity contribution in [3.63, 3.8) is 0 Å². The summed E-state index contributed by atoms with van der Waals surface area (Å²) in [6, 6.07) is 6.60. The van der Waals surface area contributed by atoms with E-state index >= 15 is 0 Å². The van der Waals surface area contributed by atoms with Crippen molar-refractivity contribution in [2.45, 2.75) is 18.9 Å². The van der Waals surface area contributed by atoms with Crippen LogP contribution < -0.4 is 4.90 Å². The van der Waals surface area contributed by atoms with Crippen LogP contribution in [-0.2, 0) is 4.74 Å². The molecule has 0 spiro atoms. The fourth-order valence-electron chi connectivity index (χ4n) is 4.00. The van der Waals surface area contributed by atoms with Crippen LogP contribution in [0.4, 0.5) is 14.6 Å². The summed E-state index contributed by atoms with van der Waals surface area (Å²) >= 11 is 0. The van der Waals surface area contributed by atoms with E-state index in [9.17, 15) is 13.6 Å². The highest BCUT2D eigenvalue weighted by atomic mass is 19.1. The lowest BCUT2D eigenvalue weighted by Gasteiger charge is -2.26. The lowest BCUT2D eigenvalue weighted by atomic mass is 10.0. The van der Waals surface area contributed by atoms with E-state index in [-0.39, 0.29) is 11.7 Å². The van der Waals surface area contributed by atoms with Gasteiger partial charge in [0.2, 0.25) is 0 Å². The summed E-state index contributed by atoms with van der Waals surface area (Å²) in [7, 11) is 1.29. The number of pyridine rings is 1. The van der Waals surface area contributed by atoms with Gasteiger partial charge >= 0.3 is 5.97 Å². The lowest BCUT2D eigenvalue weighted by molar-refractivity contribution is 0.0594. The van der Waals surface area contributed by atoms with Crippen molar-refractivity contribution < 1.29 is 18.3 Å². The predicted molar refractivity (Wildman–Crippen MR) is 105 cm³/mol. The van der Waals surface area contributed by atoms with Crippen LogP contribution in [0, 0.1) is 11.6 Å². The summed E-state index contributed by atoms with van der Waals surface area (Å²) in [5.74, 6) is -0.815. The monoisotopic (exact) mass is 409 g/mol. The molecule has 5 rings (SSSR count). The minimum atomic E-state index is -0.548. The molecule has 30 heavy (non-hydrogen) atoms. The van der Waals surface area contributed by atoms with E-state index in [4.69, 9.17) is 9.72 Å². The Morgan fingerprint density at radius 2 is 2.10 bits per heavy atom. The summed E-state index contributed by atoms with van der Waals surface area (Å²) in [6.45, 7) is 0.671. The number of aromatic nitrogens is 4. The Bertz CT molecular complexity index is 1290. The van der Waals surface area contributed by atoms with Gasteiger partial charge in [-0.1, -0.05) is 0 Å². The van der Waals surface area contributed by atoms with E-state index in [0.717, 1.165) is 18.6 Å². The van der Waals surface area contributed by atoms with Crippen molar-refractivity contribution in [3.05, 3.63) is 65.6 Å². The predicted octanol–water partition coefficient (Wildman–Crippen LogP) is 3.68. The van der Waals surface area contributed by atoms with Crippen LogP contribution in [0.25, 0.3) is 16.6 Å². The molecule has 1 aromatic carbocycles. The number of hydrogen-bond donors (Lipinski definition) is 0. The molecule has 0 N–H and O–H groups in total. The first-order valence-corrected chi connectivity index (χ1v) is 9.50. The van der Waals surface area contributed by atoms with Crippen LogP contribution in [0.5, 0.6) is 0 Å². The van der Waals surface area contributed by atoms with E-state index in [0.29, 0.717) is 40.9 Å². The van der Waals surface area contributed by atoms with Gasteiger partial charge in [-0.15, -0.1) is 0 Å². The summed E-state index contributed by atoms with van der Waals surface area (Å²) < 4.78 is 34.5. The number of fused-ring (bicyclic) bond motifs is 3. The fraction of sp³-hybridized carbons (Fsp3) is 0.238. The van der Waals surface area contributed by atoms with Crippen LogP contribution in [-0.4, -0.2) is 39.2 Å². The van der Waals surface area contributed by atoms with Gasteiger partial charge in [0, 0.05) is 18.3 Å². The molecule has 0 aliphatic carbocycles. The molecular formula is C21H17F2N5O2. The van der Waals surface area contributed by atoms with Crippen molar-refractivity contribution in [2.75, 3.05) is 18.6 Å². The number of nitrogens with zero attached hydrogens (tertiary/aromatic N) is 5. The Morgan fingerprint density at radius 3 is 2.93 bits per heavy atom. The molecule has 1 atom stereocenters. The highest BCUT2D eigenvalue weighted by Gasteiger charge is 2.30. The van der Waals surface area contributed by atoms with Crippen LogP contribution in [0.15, 0.2) is 42.7 Å². The summed E-state index contributed by atoms with van der Waals surface area (Å²) in [4.78, 5) is 22.6. The third kappa shape index (κ3) is 2.94. The first-order valence-electron chi connectivity index (χ1n) is 9.50. The zero-order chi connectivity index (χ0) is 20.8. The second-order valence-corrected chi connectivity index (χ2v) is 7.15. The van der Waals surface area contributed by atoms with Crippen molar-refractivity contribution in [2.24, 2.45) is 0 Å². The van der Waals surface area contributed by atoms with E-state index in [1.165, 1.54) is 19.4 Å². The first-order chi connectivity index (χ1) is 14.5. The molecule has 0 saturated carbocycles. The molecule has 4 heterocycles. The Kier molecular flexibility index (Phi) is 4.30. The summed E-state index contributed by atoms with van der Waals surface area (Å²) in [6.07, 6.45) is 4.79. The number of hydrogen-bond acceptors (Lipinski definition) is 6. The SMILES string of the molecule is COC(=O)c1cc2c(cn1)nn1ccc(N3CCC[C@@H]3c3cc(F)ccc3F)nc21. The van der Waals surface area contributed by atoms with Gasteiger partial charge in [-0.25, -0.2) is 28.1 Å². The highest BCUT2D eigenvalue weighted by molar-refractivity contribution is 5.97. The summed E-state index contributed by atoms with van der Waals surface area (Å²) in [5.41, 5.74) is 1.61. The maximum atomic E-state index is 14.4. The largest absolute Gasteiger partial charge is 0.464 e. The maximum Gasteiger partial charge on any atom is 0.356 e. The third-order valence-electron chi connectivity index (χ3n) is 5.40.